The second kappa shape index (κ2) is 6.44. The third-order valence-electron chi connectivity index (χ3n) is 8.15. The Kier molecular flexibility index (Phi) is 4.81. The van der Waals surface area contributed by atoms with Crippen LogP contribution in [-0.4, -0.2) is 16.5 Å². The van der Waals surface area contributed by atoms with E-state index in [1.807, 2.05) is 6.08 Å². The van der Waals surface area contributed by atoms with Gasteiger partial charge in [0.25, 0.3) is 0 Å². The summed E-state index contributed by atoms with van der Waals surface area (Å²) in [6.45, 7) is 10.4. The van der Waals surface area contributed by atoms with Gasteiger partial charge in [-0.3, -0.25) is 4.79 Å². The number of allylic oxidation sites excluding steroid dienone is 1. The van der Waals surface area contributed by atoms with Crippen molar-refractivity contribution in [2.75, 3.05) is 0 Å². The molecule has 3 fully saturated rings. The van der Waals surface area contributed by atoms with Crippen molar-refractivity contribution in [1.29, 1.82) is 0 Å². The molecule has 0 aliphatic heterocycles. The molecule has 6 atom stereocenters. The van der Waals surface area contributed by atoms with Crippen LogP contribution in [0.1, 0.15) is 71.6 Å². The highest BCUT2D eigenvalue weighted by Gasteiger charge is 2.61. The van der Waals surface area contributed by atoms with Gasteiger partial charge in [0.2, 0.25) is 0 Å². The molecule has 3 saturated carbocycles. The van der Waals surface area contributed by atoms with E-state index < -0.39 is 5.60 Å². The van der Waals surface area contributed by atoms with E-state index in [0.29, 0.717) is 17.6 Å². The molecular formula is C22H34O2. The molecule has 1 N–H and O–H groups in total. The molecule has 4 aliphatic rings. The number of fused-ring (bicyclic) bond motifs is 5. The maximum Gasteiger partial charge on any atom is 0.155 e. The minimum Gasteiger partial charge on any atom is -0.390 e. The molecule has 134 valence electrons. The zero-order valence-electron chi connectivity index (χ0n) is 15.5. The van der Waals surface area contributed by atoms with E-state index in [4.69, 9.17) is 0 Å². The predicted octanol–water partition coefficient (Wildman–Crippen LogP) is 5.07. The summed E-state index contributed by atoms with van der Waals surface area (Å²) in [6.07, 6.45) is 12.0. The van der Waals surface area contributed by atoms with Crippen molar-refractivity contribution in [2.24, 2.45) is 29.1 Å². The standard InChI is InChI=1S/C20H30O2.C2H4/c1-3-20-11-8-16-15-7-5-14(21)12-13(15)4-6-17(16)18(20)9-10-19(20,2)22;1-2/h12,15-18,22H,3-11H2,1-2H3;1-2H2/t15?,16?,17?,18?,19-,20?;/m0./s1. The van der Waals surface area contributed by atoms with Crippen LogP contribution in [0.5, 0.6) is 0 Å². The third-order valence-corrected chi connectivity index (χ3v) is 8.15. The van der Waals surface area contributed by atoms with Gasteiger partial charge in [-0.2, -0.15) is 0 Å². The van der Waals surface area contributed by atoms with Crippen LogP contribution in [0.25, 0.3) is 0 Å². The average Bonchev–Trinajstić information content (AvgIpc) is 2.87. The van der Waals surface area contributed by atoms with E-state index in [9.17, 15) is 9.90 Å². The van der Waals surface area contributed by atoms with Gasteiger partial charge >= 0.3 is 0 Å². The summed E-state index contributed by atoms with van der Waals surface area (Å²) in [5.74, 6) is 3.32. The van der Waals surface area contributed by atoms with Gasteiger partial charge in [-0.25, -0.2) is 0 Å². The highest BCUT2D eigenvalue weighted by molar-refractivity contribution is 5.91. The monoisotopic (exact) mass is 330 g/mol. The Labute approximate surface area is 147 Å². The molecule has 0 heterocycles. The predicted molar refractivity (Wildman–Crippen MR) is 98.6 cm³/mol. The Bertz CT molecular complexity index is 532. The lowest BCUT2D eigenvalue weighted by molar-refractivity contribution is -0.123. The first-order valence-corrected chi connectivity index (χ1v) is 9.94. The van der Waals surface area contributed by atoms with E-state index in [2.05, 4.69) is 27.0 Å². The van der Waals surface area contributed by atoms with Crippen LogP contribution in [0.4, 0.5) is 0 Å². The summed E-state index contributed by atoms with van der Waals surface area (Å²) in [5, 5.41) is 11.0. The molecule has 2 nitrogen and oxygen atoms in total. The fourth-order valence-corrected chi connectivity index (χ4v) is 7.06. The summed E-state index contributed by atoms with van der Waals surface area (Å²) in [4.78, 5) is 11.7. The van der Waals surface area contributed by atoms with E-state index in [0.717, 1.165) is 43.9 Å². The van der Waals surface area contributed by atoms with Crippen LogP contribution in [0.3, 0.4) is 0 Å². The molecule has 0 aromatic rings. The van der Waals surface area contributed by atoms with E-state index >= 15 is 0 Å². The number of ketones is 1. The number of hydrogen-bond acceptors (Lipinski definition) is 2. The van der Waals surface area contributed by atoms with E-state index in [1.54, 1.807) is 0 Å². The fraction of sp³-hybridized carbons (Fsp3) is 0.773. The molecular weight excluding hydrogens is 296 g/mol. The summed E-state index contributed by atoms with van der Waals surface area (Å²) in [7, 11) is 0. The third kappa shape index (κ3) is 2.44. The van der Waals surface area contributed by atoms with Gasteiger partial charge < -0.3 is 5.11 Å². The lowest BCUT2D eigenvalue weighted by atomic mass is 9.49. The van der Waals surface area contributed by atoms with Crippen molar-refractivity contribution in [3.63, 3.8) is 0 Å². The highest BCUT2D eigenvalue weighted by atomic mass is 16.3. The van der Waals surface area contributed by atoms with Gasteiger partial charge in [0.15, 0.2) is 5.78 Å². The maximum atomic E-state index is 11.7. The zero-order valence-corrected chi connectivity index (χ0v) is 15.5. The van der Waals surface area contributed by atoms with Crippen LogP contribution < -0.4 is 0 Å². The SMILES string of the molecule is C=C.CCC12CCC3C4CCC(=O)C=C4CCC3C1CC[C@]2(C)O. The Morgan fingerprint density at radius 2 is 1.88 bits per heavy atom. The molecule has 0 aromatic carbocycles. The van der Waals surface area contributed by atoms with Crippen molar-refractivity contribution < 1.29 is 9.90 Å². The Hall–Kier alpha value is -0.890. The lowest BCUT2D eigenvalue weighted by Crippen LogP contribution is -2.52. The van der Waals surface area contributed by atoms with Crippen LogP contribution in [-0.2, 0) is 4.79 Å². The van der Waals surface area contributed by atoms with Crippen molar-refractivity contribution in [3.05, 3.63) is 24.8 Å². The van der Waals surface area contributed by atoms with E-state index in [-0.39, 0.29) is 5.41 Å². The molecule has 5 unspecified atom stereocenters. The Balaban J connectivity index is 0.000000815. The smallest absolute Gasteiger partial charge is 0.155 e. The molecule has 0 radical (unpaired) electrons. The molecule has 0 spiro atoms. The normalized spacial score (nSPS) is 46.8. The fourth-order valence-electron chi connectivity index (χ4n) is 7.06. The topological polar surface area (TPSA) is 37.3 Å². The molecule has 4 rings (SSSR count). The number of carbonyl (C=O) groups is 1. The average molecular weight is 331 g/mol. The maximum absolute atomic E-state index is 11.7. The van der Waals surface area contributed by atoms with Gasteiger partial charge in [0.05, 0.1) is 5.60 Å². The van der Waals surface area contributed by atoms with Gasteiger partial charge in [0.1, 0.15) is 0 Å². The summed E-state index contributed by atoms with van der Waals surface area (Å²) in [6, 6.07) is 0. The Morgan fingerprint density at radius 1 is 1.12 bits per heavy atom. The molecule has 24 heavy (non-hydrogen) atoms. The van der Waals surface area contributed by atoms with Crippen LogP contribution in [0.2, 0.25) is 0 Å². The number of aliphatic hydroxyl groups is 1. The highest BCUT2D eigenvalue weighted by Crippen LogP contribution is 2.66. The van der Waals surface area contributed by atoms with Crippen molar-refractivity contribution in [1.82, 2.24) is 0 Å². The lowest BCUT2D eigenvalue weighted by Gasteiger charge is -2.56. The first-order chi connectivity index (χ1) is 11.5. The summed E-state index contributed by atoms with van der Waals surface area (Å²) < 4.78 is 0. The second-order valence-corrected chi connectivity index (χ2v) is 8.66. The first-order valence-electron chi connectivity index (χ1n) is 9.94. The van der Waals surface area contributed by atoms with Gasteiger partial charge in [-0.1, -0.05) is 12.5 Å². The summed E-state index contributed by atoms with van der Waals surface area (Å²) in [5.41, 5.74) is 1.17. The Morgan fingerprint density at radius 3 is 2.58 bits per heavy atom. The van der Waals surface area contributed by atoms with Crippen LogP contribution in [0, 0.1) is 29.1 Å². The second-order valence-electron chi connectivity index (χ2n) is 8.66. The molecule has 0 saturated heterocycles. The van der Waals surface area contributed by atoms with Crippen molar-refractivity contribution in [3.8, 4) is 0 Å². The molecule has 4 aliphatic carbocycles. The van der Waals surface area contributed by atoms with Gasteiger partial charge in [0, 0.05) is 11.8 Å². The zero-order chi connectivity index (χ0) is 17.5. The molecule has 0 aromatic heterocycles. The largest absolute Gasteiger partial charge is 0.390 e. The number of rotatable bonds is 1. The molecule has 0 bridgehead atoms. The molecule has 0 amide bonds. The van der Waals surface area contributed by atoms with Gasteiger partial charge in [-0.05, 0) is 88.0 Å². The quantitative estimate of drug-likeness (QED) is 0.681. The van der Waals surface area contributed by atoms with Crippen LogP contribution >= 0.6 is 0 Å². The summed E-state index contributed by atoms with van der Waals surface area (Å²) >= 11 is 0. The van der Waals surface area contributed by atoms with Crippen molar-refractivity contribution >= 4 is 5.78 Å². The number of hydrogen-bond donors (Lipinski definition) is 1. The van der Waals surface area contributed by atoms with Crippen LogP contribution in [0.15, 0.2) is 24.8 Å². The van der Waals surface area contributed by atoms with Crippen molar-refractivity contribution in [2.45, 2.75) is 77.2 Å². The first kappa shape index (κ1) is 17.9. The minimum absolute atomic E-state index is 0.167. The molecule has 2 heteroatoms. The van der Waals surface area contributed by atoms with E-state index in [1.165, 1.54) is 31.3 Å². The number of carbonyl (C=O) groups excluding carboxylic acids is 1. The minimum atomic E-state index is -0.462. The van der Waals surface area contributed by atoms with Gasteiger partial charge in [-0.15, -0.1) is 13.2 Å².